The fraction of sp³-hybridized carbons (Fsp3) is 0.545. The summed E-state index contributed by atoms with van der Waals surface area (Å²) < 4.78 is 9.94. The maximum atomic E-state index is 9.87. The number of pyridine rings is 1. The molecular weight excluding hydrogens is 226 g/mol. The normalized spacial score (nSPS) is 14.2. The van der Waals surface area contributed by atoms with Crippen LogP contribution in [0.1, 0.15) is 18.1 Å². The average molecular weight is 243 g/mol. The topological polar surface area (TPSA) is 92.0 Å². The van der Waals surface area contributed by atoms with Crippen molar-refractivity contribution in [3.8, 4) is 11.8 Å². The molecule has 0 bridgehead atoms. The zero-order valence-electron chi connectivity index (χ0n) is 9.83. The molecule has 2 unspecified atom stereocenters. The van der Waals surface area contributed by atoms with Crippen LogP contribution in [0, 0.1) is 0 Å². The Labute approximate surface area is 99.5 Å². The standard InChI is InChI=1S/C11H17NO5/c1-16-9-4-3-7(11(12-9)17-2)10(15)8(14)5-6-13/h3-4,8,10,13-15H,5-6H2,1-2H3. The first-order valence-corrected chi connectivity index (χ1v) is 5.20. The molecule has 0 fully saturated rings. The largest absolute Gasteiger partial charge is 0.481 e. The van der Waals surface area contributed by atoms with E-state index in [-0.39, 0.29) is 18.9 Å². The second-order valence-electron chi connectivity index (χ2n) is 3.48. The van der Waals surface area contributed by atoms with Crippen LogP contribution in [0.25, 0.3) is 0 Å². The van der Waals surface area contributed by atoms with Gasteiger partial charge in [0.2, 0.25) is 11.8 Å². The predicted molar refractivity (Wildman–Crippen MR) is 60.0 cm³/mol. The Morgan fingerprint density at radius 3 is 2.47 bits per heavy atom. The van der Waals surface area contributed by atoms with Gasteiger partial charge in [-0.1, -0.05) is 0 Å². The summed E-state index contributed by atoms with van der Waals surface area (Å²) in [6.45, 7) is -0.204. The Morgan fingerprint density at radius 2 is 1.94 bits per heavy atom. The second kappa shape index (κ2) is 6.39. The maximum absolute atomic E-state index is 9.87. The molecule has 6 heteroatoms. The van der Waals surface area contributed by atoms with Gasteiger partial charge in [0, 0.05) is 18.2 Å². The molecule has 0 saturated carbocycles. The van der Waals surface area contributed by atoms with E-state index in [9.17, 15) is 10.2 Å². The van der Waals surface area contributed by atoms with Gasteiger partial charge in [0.1, 0.15) is 6.10 Å². The molecule has 17 heavy (non-hydrogen) atoms. The summed E-state index contributed by atoms with van der Waals surface area (Å²) in [4.78, 5) is 4.00. The van der Waals surface area contributed by atoms with Crippen LogP contribution in [0.3, 0.4) is 0 Å². The smallest absolute Gasteiger partial charge is 0.222 e. The van der Waals surface area contributed by atoms with Crippen LogP contribution < -0.4 is 9.47 Å². The van der Waals surface area contributed by atoms with Gasteiger partial charge in [0.15, 0.2) is 0 Å². The first-order valence-electron chi connectivity index (χ1n) is 5.20. The van der Waals surface area contributed by atoms with E-state index in [0.717, 1.165) is 0 Å². The van der Waals surface area contributed by atoms with Crippen LogP contribution in [0.5, 0.6) is 11.8 Å². The summed E-state index contributed by atoms with van der Waals surface area (Å²) in [5.41, 5.74) is 0.356. The Kier molecular flexibility index (Phi) is 5.14. The summed E-state index contributed by atoms with van der Waals surface area (Å²) in [5, 5.41) is 28.2. The lowest BCUT2D eigenvalue weighted by atomic mass is 10.0. The van der Waals surface area contributed by atoms with E-state index in [4.69, 9.17) is 14.6 Å². The van der Waals surface area contributed by atoms with Crippen molar-refractivity contribution in [3.63, 3.8) is 0 Å². The highest BCUT2D eigenvalue weighted by atomic mass is 16.5. The molecule has 0 aliphatic rings. The molecule has 0 radical (unpaired) electrons. The average Bonchev–Trinajstić information content (AvgIpc) is 2.37. The number of aliphatic hydroxyl groups is 3. The van der Waals surface area contributed by atoms with E-state index in [2.05, 4.69) is 4.98 Å². The van der Waals surface area contributed by atoms with Gasteiger partial charge in [0.25, 0.3) is 0 Å². The highest BCUT2D eigenvalue weighted by molar-refractivity contribution is 5.33. The fourth-order valence-corrected chi connectivity index (χ4v) is 1.43. The lowest BCUT2D eigenvalue weighted by Crippen LogP contribution is -2.20. The highest BCUT2D eigenvalue weighted by Crippen LogP contribution is 2.28. The molecular formula is C11H17NO5. The van der Waals surface area contributed by atoms with Crippen molar-refractivity contribution in [1.82, 2.24) is 4.98 Å². The molecule has 0 aliphatic carbocycles. The zero-order chi connectivity index (χ0) is 12.8. The van der Waals surface area contributed by atoms with Crippen LogP contribution in [-0.4, -0.2) is 47.2 Å². The highest BCUT2D eigenvalue weighted by Gasteiger charge is 2.22. The molecule has 2 atom stereocenters. The number of hydrogen-bond acceptors (Lipinski definition) is 6. The van der Waals surface area contributed by atoms with Gasteiger partial charge in [0.05, 0.1) is 20.3 Å². The number of aromatic nitrogens is 1. The number of rotatable bonds is 6. The molecule has 3 N–H and O–H groups in total. The van der Waals surface area contributed by atoms with Crippen molar-refractivity contribution >= 4 is 0 Å². The van der Waals surface area contributed by atoms with E-state index in [0.29, 0.717) is 11.4 Å². The summed E-state index contributed by atoms with van der Waals surface area (Å²) in [5.74, 6) is 0.545. The Morgan fingerprint density at radius 1 is 1.24 bits per heavy atom. The molecule has 0 spiro atoms. The van der Waals surface area contributed by atoms with Gasteiger partial charge >= 0.3 is 0 Å². The van der Waals surface area contributed by atoms with Crippen LogP contribution in [0.2, 0.25) is 0 Å². The van der Waals surface area contributed by atoms with E-state index in [1.165, 1.54) is 14.2 Å². The van der Waals surface area contributed by atoms with Gasteiger partial charge < -0.3 is 24.8 Å². The molecule has 0 saturated heterocycles. The minimum atomic E-state index is -1.16. The van der Waals surface area contributed by atoms with Crippen molar-refractivity contribution in [2.75, 3.05) is 20.8 Å². The number of methoxy groups -OCH3 is 2. The van der Waals surface area contributed by atoms with Crippen molar-refractivity contribution in [2.45, 2.75) is 18.6 Å². The van der Waals surface area contributed by atoms with E-state index in [1.54, 1.807) is 12.1 Å². The molecule has 0 aromatic carbocycles. The lowest BCUT2D eigenvalue weighted by molar-refractivity contribution is 0.00267. The monoisotopic (exact) mass is 243 g/mol. The minimum Gasteiger partial charge on any atom is -0.481 e. The van der Waals surface area contributed by atoms with Crippen molar-refractivity contribution in [1.29, 1.82) is 0 Å². The van der Waals surface area contributed by atoms with Gasteiger partial charge in [-0.15, -0.1) is 0 Å². The molecule has 1 aromatic rings. The van der Waals surface area contributed by atoms with E-state index < -0.39 is 12.2 Å². The lowest BCUT2D eigenvalue weighted by Gasteiger charge is -2.19. The Balaban J connectivity index is 2.96. The molecule has 0 aliphatic heterocycles. The van der Waals surface area contributed by atoms with Gasteiger partial charge in [-0.3, -0.25) is 0 Å². The summed E-state index contributed by atoms with van der Waals surface area (Å²) in [6, 6.07) is 3.13. The molecule has 6 nitrogen and oxygen atoms in total. The molecule has 1 aromatic heterocycles. The van der Waals surface area contributed by atoms with Crippen LogP contribution in [0.15, 0.2) is 12.1 Å². The van der Waals surface area contributed by atoms with Gasteiger partial charge in [-0.25, -0.2) is 0 Å². The predicted octanol–water partition coefficient (Wildman–Crippen LogP) is -0.125. The van der Waals surface area contributed by atoms with E-state index >= 15 is 0 Å². The fourth-order valence-electron chi connectivity index (χ4n) is 1.43. The van der Waals surface area contributed by atoms with Gasteiger partial charge in [-0.05, 0) is 12.5 Å². The summed E-state index contributed by atoms with van der Waals surface area (Å²) >= 11 is 0. The molecule has 1 rings (SSSR count). The second-order valence-corrected chi connectivity index (χ2v) is 3.48. The van der Waals surface area contributed by atoms with Crippen LogP contribution in [-0.2, 0) is 0 Å². The van der Waals surface area contributed by atoms with E-state index in [1.807, 2.05) is 0 Å². The van der Waals surface area contributed by atoms with Crippen LogP contribution in [0.4, 0.5) is 0 Å². The summed E-state index contributed by atoms with van der Waals surface area (Å²) in [7, 11) is 2.88. The number of aliphatic hydroxyl groups excluding tert-OH is 3. The van der Waals surface area contributed by atoms with Crippen molar-refractivity contribution in [2.24, 2.45) is 0 Å². The third kappa shape index (κ3) is 3.29. The molecule has 0 amide bonds. The SMILES string of the molecule is COc1ccc(C(O)C(O)CCO)c(OC)n1. The number of ether oxygens (including phenoxy) is 2. The number of nitrogens with zero attached hydrogens (tertiary/aromatic N) is 1. The van der Waals surface area contributed by atoms with Crippen LogP contribution >= 0.6 is 0 Å². The third-order valence-electron chi connectivity index (χ3n) is 2.37. The summed E-state index contributed by atoms with van der Waals surface area (Å²) in [6.07, 6.45) is -2.14. The Hall–Kier alpha value is -1.37. The zero-order valence-corrected chi connectivity index (χ0v) is 9.83. The first-order chi connectivity index (χ1) is 8.13. The van der Waals surface area contributed by atoms with Crippen molar-refractivity contribution in [3.05, 3.63) is 17.7 Å². The minimum absolute atomic E-state index is 0.0797. The van der Waals surface area contributed by atoms with Crippen molar-refractivity contribution < 1.29 is 24.8 Å². The van der Waals surface area contributed by atoms with Gasteiger partial charge in [-0.2, -0.15) is 4.98 Å². The molecule has 96 valence electrons. The molecule has 1 heterocycles. The quantitative estimate of drug-likeness (QED) is 0.645. The maximum Gasteiger partial charge on any atom is 0.222 e. The Bertz CT molecular complexity index is 358. The third-order valence-corrected chi connectivity index (χ3v) is 2.37. The first kappa shape index (κ1) is 13.7. The number of hydrogen-bond donors (Lipinski definition) is 3.